The predicted octanol–water partition coefficient (Wildman–Crippen LogP) is 1.93. The maximum Gasteiger partial charge on any atom is 0.265 e. The van der Waals surface area contributed by atoms with Gasteiger partial charge in [-0.15, -0.1) is 0 Å². The number of rotatable bonds is 5. The molecule has 0 aliphatic carbocycles. The maximum absolute atomic E-state index is 11.9. The molecule has 1 atom stereocenters. The normalized spacial score (nSPS) is 16.1. The van der Waals surface area contributed by atoms with Crippen LogP contribution in [0.15, 0.2) is 24.3 Å². The van der Waals surface area contributed by atoms with E-state index in [0.717, 1.165) is 30.7 Å². The third-order valence-electron chi connectivity index (χ3n) is 3.29. The topological polar surface area (TPSA) is 55.6 Å². The van der Waals surface area contributed by atoms with Gasteiger partial charge in [-0.05, 0) is 31.4 Å². The Hall–Kier alpha value is -1.55. The number of hydrogen-bond acceptors (Lipinski definition) is 3. The molecule has 1 aromatic rings. The van der Waals surface area contributed by atoms with E-state index in [2.05, 4.69) is 6.92 Å². The Bertz CT molecular complexity index is 420. The molecule has 98 valence electrons. The Kier molecular flexibility index (Phi) is 4.20. The number of carbonyl (C=O) groups is 1. The van der Waals surface area contributed by atoms with Crippen LogP contribution in [0.1, 0.15) is 26.2 Å². The van der Waals surface area contributed by atoms with Crippen molar-refractivity contribution in [1.29, 1.82) is 0 Å². The van der Waals surface area contributed by atoms with Crippen LogP contribution in [0.5, 0.6) is 5.75 Å². The average molecular weight is 248 g/mol. The minimum Gasteiger partial charge on any atom is -0.482 e. The highest BCUT2D eigenvalue weighted by Gasteiger charge is 2.24. The van der Waals surface area contributed by atoms with E-state index in [1.807, 2.05) is 24.3 Å². The Morgan fingerprint density at radius 1 is 1.44 bits per heavy atom. The van der Waals surface area contributed by atoms with Crippen LogP contribution in [0.4, 0.5) is 5.69 Å². The van der Waals surface area contributed by atoms with Crippen LogP contribution in [0, 0.1) is 0 Å². The van der Waals surface area contributed by atoms with Crippen molar-refractivity contribution in [2.45, 2.75) is 32.2 Å². The summed E-state index contributed by atoms with van der Waals surface area (Å²) in [5.41, 5.74) is 6.76. The van der Waals surface area contributed by atoms with Crippen LogP contribution in [0.2, 0.25) is 0 Å². The first-order chi connectivity index (χ1) is 8.72. The predicted molar refractivity (Wildman–Crippen MR) is 71.8 cm³/mol. The molecule has 1 aromatic carbocycles. The zero-order chi connectivity index (χ0) is 13.0. The van der Waals surface area contributed by atoms with E-state index in [1.165, 1.54) is 0 Å². The van der Waals surface area contributed by atoms with Gasteiger partial charge in [-0.1, -0.05) is 19.1 Å². The molecule has 0 bridgehead atoms. The first kappa shape index (κ1) is 12.9. The number of benzene rings is 1. The fourth-order valence-electron chi connectivity index (χ4n) is 2.11. The lowest BCUT2D eigenvalue weighted by atomic mass is 10.1. The van der Waals surface area contributed by atoms with Crippen LogP contribution < -0.4 is 15.4 Å². The number of nitrogens with zero attached hydrogens (tertiary/aromatic N) is 1. The lowest BCUT2D eigenvalue weighted by molar-refractivity contribution is -0.121. The quantitative estimate of drug-likeness (QED) is 0.866. The lowest BCUT2D eigenvalue weighted by Crippen LogP contribution is -2.39. The lowest BCUT2D eigenvalue weighted by Gasteiger charge is -2.29. The molecule has 1 aliphatic rings. The van der Waals surface area contributed by atoms with Gasteiger partial charge in [0.2, 0.25) is 0 Å². The zero-order valence-electron chi connectivity index (χ0n) is 10.8. The molecule has 4 nitrogen and oxygen atoms in total. The zero-order valence-corrected chi connectivity index (χ0v) is 10.8. The largest absolute Gasteiger partial charge is 0.482 e. The summed E-state index contributed by atoms with van der Waals surface area (Å²) in [6, 6.07) is 7.89. The van der Waals surface area contributed by atoms with E-state index < -0.39 is 0 Å². The summed E-state index contributed by atoms with van der Waals surface area (Å²) in [5.74, 6) is 0.815. The molecule has 0 saturated heterocycles. The number of amides is 1. The molecule has 2 rings (SSSR count). The standard InChI is InChI=1S/C14H20N2O2/c1-2-11(15)6-5-9-16-12-7-3-4-8-13(12)18-10-14(16)17/h3-4,7-8,11H,2,5-6,9-10,15H2,1H3. The van der Waals surface area contributed by atoms with Crippen molar-refractivity contribution in [3.8, 4) is 5.75 Å². The second-order valence-corrected chi connectivity index (χ2v) is 4.61. The molecule has 0 fully saturated rings. The van der Waals surface area contributed by atoms with Gasteiger partial charge < -0.3 is 15.4 Å². The van der Waals surface area contributed by atoms with E-state index in [0.29, 0.717) is 6.54 Å². The molecule has 0 radical (unpaired) electrons. The molecule has 1 heterocycles. The Balaban J connectivity index is 2.01. The number of fused-ring (bicyclic) bond motifs is 1. The summed E-state index contributed by atoms with van der Waals surface area (Å²) < 4.78 is 5.40. The van der Waals surface area contributed by atoms with Crippen LogP contribution in [-0.4, -0.2) is 25.1 Å². The molecular weight excluding hydrogens is 228 g/mol. The molecule has 1 amide bonds. The summed E-state index contributed by atoms with van der Waals surface area (Å²) >= 11 is 0. The molecule has 1 aliphatic heterocycles. The van der Waals surface area contributed by atoms with E-state index in [4.69, 9.17) is 10.5 Å². The third-order valence-corrected chi connectivity index (χ3v) is 3.29. The van der Waals surface area contributed by atoms with Crippen molar-refractivity contribution >= 4 is 11.6 Å². The summed E-state index contributed by atoms with van der Waals surface area (Å²) in [6.07, 6.45) is 2.85. The SMILES string of the molecule is CCC(N)CCCN1C(=O)COc2ccccc21. The van der Waals surface area contributed by atoms with Crippen molar-refractivity contribution in [1.82, 2.24) is 0 Å². The number of anilines is 1. The van der Waals surface area contributed by atoms with Gasteiger partial charge in [-0.3, -0.25) is 4.79 Å². The highest BCUT2D eigenvalue weighted by atomic mass is 16.5. The van der Waals surface area contributed by atoms with E-state index in [1.54, 1.807) is 4.90 Å². The fourth-order valence-corrected chi connectivity index (χ4v) is 2.11. The van der Waals surface area contributed by atoms with Crippen molar-refractivity contribution in [2.75, 3.05) is 18.1 Å². The van der Waals surface area contributed by atoms with Crippen molar-refractivity contribution in [2.24, 2.45) is 5.73 Å². The third kappa shape index (κ3) is 2.82. The molecular formula is C14H20N2O2. The van der Waals surface area contributed by atoms with Gasteiger partial charge in [0.25, 0.3) is 5.91 Å². The monoisotopic (exact) mass is 248 g/mol. The van der Waals surface area contributed by atoms with Crippen molar-refractivity contribution in [3.05, 3.63) is 24.3 Å². The molecule has 1 unspecified atom stereocenters. The van der Waals surface area contributed by atoms with Gasteiger partial charge in [0.05, 0.1) is 5.69 Å². The Labute approximate surface area is 108 Å². The molecule has 18 heavy (non-hydrogen) atoms. The van der Waals surface area contributed by atoms with Gasteiger partial charge in [0.1, 0.15) is 5.75 Å². The summed E-state index contributed by atoms with van der Waals surface area (Å²) in [4.78, 5) is 13.7. The maximum atomic E-state index is 11.9. The average Bonchev–Trinajstić information content (AvgIpc) is 2.41. The second-order valence-electron chi connectivity index (χ2n) is 4.61. The van der Waals surface area contributed by atoms with Gasteiger partial charge in [0.15, 0.2) is 6.61 Å². The minimum absolute atomic E-state index is 0.0266. The van der Waals surface area contributed by atoms with Crippen molar-refractivity contribution < 1.29 is 9.53 Å². The van der Waals surface area contributed by atoms with E-state index in [9.17, 15) is 4.79 Å². The Morgan fingerprint density at radius 2 is 2.22 bits per heavy atom. The first-order valence-electron chi connectivity index (χ1n) is 6.50. The van der Waals surface area contributed by atoms with Gasteiger partial charge in [-0.2, -0.15) is 0 Å². The molecule has 0 saturated carbocycles. The van der Waals surface area contributed by atoms with Crippen molar-refractivity contribution in [3.63, 3.8) is 0 Å². The number of carbonyl (C=O) groups excluding carboxylic acids is 1. The number of nitrogens with two attached hydrogens (primary N) is 1. The van der Waals surface area contributed by atoms with Crippen LogP contribution in [0.3, 0.4) is 0 Å². The highest BCUT2D eigenvalue weighted by Crippen LogP contribution is 2.31. The first-order valence-corrected chi connectivity index (χ1v) is 6.50. The van der Waals surface area contributed by atoms with Gasteiger partial charge in [0, 0.05) is 12.6 Å². The second kappa shape index (κ2) is 5.87. The van der Waals surface area contributed by atoms with Gasteiger partial charge >= 0.3 is 0 Å². The minimum atomic E-state index is 0.0266. The van der Waals surface area contributed by atoms with Gasteiger partial charge in [-0.25, -0.2) is 0 Å². The summed E-state index contributed by atoms with van der Waals surface area (Å²) in [7, 11) is 0. The number of para-hydroxylation sites is 2. The van der Waals surface area contributed by atoms with Crippen LogP contribution in [-0.2, 0) is 4.79 Å². The molecule has 0 spiro atoms. The molecule has 2 N–H and O–H groups in total. The smallest absolute Gasteiger partial charge is 0.265 e. The highest BCUT2D eigenvalue weighted by molar-refractivity contribution is 5.97. The number of hydrogen-bond donors (Lipinski definition) is 1. The number of ether oxygens (including phenoxy) is 1. The molecule has 4 heteroatoms. The van der Waals surface area contributed by atoms with Crippen LogP contribution in [0.25, 0.3) is 0 Å². The van der Waals surface area contributed by atoms with E-state index in [-0.39, 0.29) is 18.6 Å². The van der Waals surface area contributed by atoms with Crippen LogP contribution >= 0.6 is 0 Å². The summed E-state index contributed by atoms with van der Waals surface area (Å²) in [6.45, 7) is 2.93. The Morgan fingerprint density at radius 3 is 3.00 bits per heavy atom. The summed E-state index contributed by atoms with van der Waals surface area (Å²) in [5, 5.41) is 0. The fraction of sp³-hybridized carbons (Fsp3) is 0.500. The molecule has 0 aromatic heterocycles. The van der Waals surface area contributed by atoms with E-state index >= 15 is 0 Å².